The standard InChI is InChI=1S/C9H16INO/c1-7(2)9(12)8-5-3-4-6-11(8)10/h7-8H,3-6H2,1-2H3/t8-/m0/s1. The number of hydrogen-bond donors (Lipinski definition) is 0. The van der Waals surface area contributed by atoms with Crippen LogP contribution in [0.1, 0.15) is 33.1 Å². The van der Waals surface area contributed by atoms with Gasteiger partial charge in [0.2, 0.25) is 0 Å². The van der Waals surface area contributed by atoms with Crippen LogP contribution in [0.5, 0.6) is 0 Å². The Bertz CT molecular complexity index is 170. The second-order valence-corrected chi connectivity index (χ2v) is 4.93. The van der Waals surface area contributed by atoms with Crippen molar-refractivity contribution in [3.8, 4) is 0 Å². The van der Waals surface area contributed by atoms with Crippen LogP contribution in [-0.2, 0) is 4.79 Å². The molecule has 0 N–H and O–H groups in total. The fourth-order valence-electron chi connectivity index (χ4n) is 1.56. The van der Waals surface area contributed by atoms with Gasteiger partial charge in [-0.05, 0) is 12.8 Å². The molecule has 1 fully saturated rings. The van der Waals surface area contributed by atoms with Crippen molar-refractivity contribution in [2.24, 2.45) is 5.92 Å². The number of piperidine rings is 1. The molecule has 0 unspecified atom stereocenters. The summed E-state index contributed by atoms with van der Waals surface area (Å²) in [5.74, 6) is 0.592. The van der Waals surface area contributed by atoms with Crippen molar-refractivity contribution in [1.29, 1.82) is 0 Å². The van der Waals surface area contributed by atoms with Crippen LogP contribution in [0.4, 0.5) is 0 Å². The minimum Gasteiger partial charge on any atom is -0.298 e. The zero-order valence-electron chi connectivity index (χ0n) is 7.72. The molecule has 0 aromatic heterocycles. The lowest BCUT2D eigenvalue weighted by molar-refractivity contribution is -0.125. The monoisotopic (exact) mass is 281 g/mol. The number of halogens is 1. The van der Waals surface area contributed by atoms with E-state index in [9.17, 15) is 4.79 Å². The highest BCUT2D eigenvalue weighted by Crippen LogP contribution is 2.23. The van der Waals surface area contributed by atoms with E-state index >= 15 is 0 Å². The molecule has 1 rings (SSSR count). The maximum absolute atomic E-state index is 11.7. The first-order chi connectivity index (χ1) is 5.63. The Morgan fingerprint density at radius 2 is 2.17 bits per heavy atom. The van der Waals surface area contributed by atoms with Crippen LogP contribution in [0.25, 0.3) is 0 Å². The summed E-state index contributed by atoms with van der Waals surface area (Å²) in [7, 11) is 0. The normalized spacial score (nSPS) is 26.2. The second-order valence-electron chi connectivity index (χ2n) is 3.69. The number of ketones is 1. The summed E-state index contributed by atoms with van der Waals surface area (Å²) in [6.07, 6.45) is 3.51. The van der Waals surface area contributed by atoms with Crippen molar-refractivity contribution in [3.63, 3.8) is 0 Å². The summed E-state index contributed by atoms with van der Waals surface area (Å²) >= 11 is 2.28. The lowest BCUT2D eigenvalue weighted by atomic mass is 9.95. The molecule has 0 saturated carbocycles. The van der Waals surface area contributed by atoms with Gasteiger partial charge in [0.05, 0.1) is 6.04 Å². The van der Waals surface area contributed by atoms with Gasteiger partial charge in [-0.2, -0.15) is 0 Å². The highest BCUT2D eigenvalue weighted by molar-refractivity contribution is 14.1. The summed E-state index contributed by atoms with van der Waals surface area (Å²) in [5.41, 5.74) is 0. The number of hydrogen-bond acceptors (Lipinski definition) is 2. The van der Waals surface area contributed by atoms with Crippen molar-refractivity contribution in [1.82, 2.24) is 3.11 Å². The van der Waals surface area contributed by atoms with E-state index in [0.717, 1.165) is 13.0 Å². The molecule has 0 amide bonds. The number of Topliss-reactive ketones (excluding diaryl/α,β-unsaturated/α-hetero) is 1. The van der Waals surface area contributed by atoms with Gasteiger partial charge in [-0.15, -0.1) is 0 Å². The molecule has 0 aliphatic carbocycles. The van der Waals surface area contributed by atoms with Crippen LogP contribution in [0, 0.1) is 5.92 Å². The van der Waals surface area contributed by atoms with Gasteiger partial charge in [-0.1, -0.05) is 20.3 Å². The van der Waals surface area contributed by atoms with Crippen molar-refractivity contribution in [3.05, 3.63) is 0 Å². The molecule has 12 heavy (non-hydrogen) atoms. The third kappa shape index (κ3) is 2.42. The molecule has 2 nitrogen and oxygen atoms in total. The van der Waals surface area contributed by atoms with E-state index in [1.807, 2.05) is 13.8 Å². The number of rotatable bonds is 2. The SMILES string of the molecule is CC(C)C(=O)[C@@H]1CCCCN1I. The summed E-state index contributed by atoms with van der Waals surface area (Å²) in [6.45, 7) is 5.05. The Labute approximate surface area is 88.2 Å². The van der Waals surface area contributed by atoms with E-state index in [-0.39, 0.29) is 12.0 Å². The van der Waals surface area contributed by atoms with Crippen LogP contribution in [0.2, 0.25) is 0 Å². The van der Waals surface area contributed by atoms with Gasteiger partial charge >= 0.3 is 0 Å². The molecule has 0 bridgehead atoms. The van der Waals surface area contributed by atoms with E-state index in [1.54, 1.807) is 0 Å². The predicted octanol–water partition coefficient (Wildman–Crippen LogP) is 2.42. The van der Waals surface area contributed by atoms with E-state index < -0.39 is 0 Å². The molecule has 1 aliphatic heterocycles. The van der Waals surface area contributed by atoms with Gasteiger partial charge in [0, 0.05) is 35.3 Å². The number of nitrogens with zero attached hydrogens (tertiary/aromatic N) is 1. The fraction of sp³-hybridized carbons (Fsp3) is 0.889. The highest BCUT2D eigenvalue weighted by atomic mass is 127. The number of carbonyl (C=O) groups is 1. The Morgan fingerprint density at radius 1 is 1.50 bits per heavy atom. The molecule has 0 aromatic rings. The molecular formula is C9H16INO. The minimum absolute atomic E-state index is 0.186. The topological polar surface area (TPSA) is 20.3 Å². The Hall–Kier alpha value is 0.360. The van der Waals surface area contributed by atoms with Crippen LogP contribution in [0.15, 0.2) is 0 Å². The molecule has 1 heterocycles. The molecular weight excluding hydrogens is 265 g/mol. The average molecular weight is 281 g/mol. The van der Waals surface area contributed by atoms with Crippen molar-refractivity contribution in [2.75, 3.05) is 6.54 Å². The number of carbonyl (C=O) groups excluding carboxylic acids is 1. The van der Waals surface area contributed by atoms with E-state index in [2.05, 4.69) is 26.0 Å². The van der Waals surface area contributed by atoms with Crippen LogP contribution < -0.4 is 0 Å². The van der Waals surface area contributed by atoms with Crippen LogP contribution >= 0.6 is 22.9 Å². The first-order valence-corrected chi connectivity index (χ1v) is 5.55. The van der Waals surface area contributed by atoms with Gasteiger partial charge in [-0.3, -0.25) is 4.79 Å². The van der Waals surface area contributed by atoms with Gasteiger partial charge in [0.25, 0.3) is 0 Å². The first kappa shape index (κ1) is 10.4. The molecule has 1 atom stereocenters. The largest absolute Gasteiger partial charge is 0.298 e. The molecule has 0 aromatic carbocycles. The Kier molecular flexibility index (Phi) is 3.96. The van der Waals surface area contributed by atoms with Crippen molar-refractivity contribution in [2.45, 2.75) is 39.2 Å². The van der Waals surface area contributed by atoms with Crippen molar-refractivity contribution >= 4 is 28.6 Å². The summed E-state index contributed by atoms with van der Waals surface area (Å²) in [5, 5.41) is 0. The highest BCUT2D eigenvalue weighted by Gasteiger charge is 2.28. The second kappa shape index (κ2) is 4.56. The van der Waals surface area contributed by atoms with Crippen LogP contribution in [0.3, 0.4) is 0 Å². The molecule has 1 aliphatic rings. The molecule has 3 heteroatoms. The summed E-state index contributed by atoms with van der Waals surface area (Å²) in [6, 6.07) is 0.194. The molecule has 0 radical (unpaired) electrons. The lowest BCUT2D eigenvalue weighted by Gasteiger charge is -2.30. The fourth-order valence-corrected chi connectivity index (χ4v) is 2.46. The quantitative estimate of drug-likeness (QED) is 0.572. The smallest absolute Gasteiger partial charge is 0.153 e. The predicted molar refractivity (Wildman–Crippen MR) is 58.2 cm³/mol. The van der Waals surface area contributed by atoms with Gasteiger partial charge in [-0.25, -0.2) is 3.11 Å². The zero-order chi connectivity index (χ0) is 9.14. The third-order valence-corrected chi connectivity index (χ3v) is 3.49. The van der Waals surface area contributed by atoms with Crippen molar-refractivity contribution < 1.29 is 4.79 Å². The summed E-state index contributed by atoms with van der Waals surface area (Å²) < 4.78 is 2.17. The maximum atomic E-state index is 11.7. The van der Waals surface area contributed by atoms with E-state index in [1.165, 1.54) is 12.8 Å². The minimum atomic E-state index is 0.186. The van der Waals surface area contributed by atoms with Gasteiger partial charge in [0.1, 0.15) is 0 Å². The molecule has 1 saturated heterocycles. The molecule has 0 spiro atoms. The van der Waals surface area contributed by atoms with E-state index in [0.29, 0.717) is 5.78 Å². The van der Waals surface area contributed by atoms with Gasteiger partial charge < -0.3 is 0 Å². The zero-order valence-corrected chi connectivity index (χ0v) is 9.87. The average Bonchev–Trinajstić information content (AvgIpc) is 2.04. The summed E-state index contributed by atoms with van der Waals surface area (Å²) in [4.78, 5) is 11.7. The Balaban J connectivity index is 2.53. The third-order valence-electron chi connectivity index (χ3n) is 2.33. The van der Waals surface area contributed by atoms with Crippen LogP contribution in [-0.4, -0.2) is 21.5 Å². The molecule has 70 valence electrons. The first-order valence-electron chi connectivity index (χ1n) is 4.59. The lowest BCUT2D eigenvalue weighted by Crippen LogP contribution is -2.40. The van der Waals surface area contributed by atoms with E-state index in [4.69, 9.17) is 0 Å². The van der Waals surface area contributed by atoms with Gasteiger partial charge in [0.15, 0.2) is 5.78 Å². The maximum Gasteiger partial charge on any atom is 0.153 e. The Morgan fingerprint density at radius 3 is 2.67 bits per heavy atom.